The van der Waals surface area contributed by atoms with Crippen LogP contribution in [0.2, 0.25) is 5.02 Å². The minimum absolute atomic E-state index is 0.0292. The minimum Gasteiger partial charge on any atom is -0.492 e. The van der Waals surface area contributed by atoms with Crippen LogP contribution in [-0.2, 0) is 9.59 Å². The largest absolute Gasteiger partial charge is 0.492 e. The van der Waals surface area contributed by atoms with Crippen molar-refractivity contribution in [2.24, 2.45) is 11.8 Å². The SMILES string of the molecule is CC(C)COc1ccc(NC(=O)CNC(=O)C2CCCC2)cc1Cl. The van der Waals surface area contributed by atoms with Crippen LogP contribution in [0.1, 0.15) is 39.5 Å². The van der Waals surface area contributed by atoms with Gasteiger partial charge in [0.05, 0.1) is 18.2 Å². The Labute approximate surface area is 148 Å². The van der Waals surface area contributed by atoms with Gasteiger partial charge in [0.1, 0.15) is 5.75 Å². The normalized spacial score (nSPS) is 14.7. The van der Waals surface area contributed by atoms with E-state index in [0.29, 0.717) is 29.0 Å². The van der Waals surface area contributed by atoms with E-state index in [1.165, 1.54) is 0 Å². The highest BCUT2D eigenvalue weighted by atomic mass is 35.5. The first-order valence-electron chi connectivity index (χ1n) is 8.45. The molecule has 0 saturated heterocycles. The second-order valence-corrected chi connectivity index (χ2v) is 7.00. The van der Waals surface area contributed by atoms with Crippen molar-refractivity contribution in [2.75, 3.05) is 18.5 Å². The Morgan fingerprint density at radius 1 is 1.29 bits per heavy atom. The van der Waals surface area contributed by atoms with Crippen LogP contribution in [0.15, 0.2) is 18.2 Å². The van der Waals surface area contributed by atoms with Gasteiger partial charge in [-0.15, -0.1) is 0 Å². The molecule has 1 saturated carbocycles. The molecule has 0 unspecified atom stereocenters. The molecule has 2 N–H and O–H groups in total. The third-order valence-corrected chi connectivity index (χ3v) is 4.23. The van der Waals surface area contributed by atoms with Crippen LogP contribution in [0.5, 0.6) is 5.75 Å². The fourth-order valence-corrected chi connectivity index (χ4v) is 2.89. The molecule has 132 valence electrons. The summed E-state index contributed by atoms with van der Waals surface area (Å²) >= 11 is 6.16. The topological polar surface area (TPSA) is 67.4 Å². The summed E-state index contributed by atoms with van der Waals surface area (Å²) in [6.45, 7) is 4.67. The third kappa shape index (κ3) is 5.71. The van der Waals surface area contributed by atoms with E-state index in [4.69, 9.17) is 16.3 Å². The van der Waals surface area contributed by atoms with Gasteiger partial charge >= 0.3 is 0 Å². The van der Waals surface area contributed by atoms with Crippen LogP contribution < -0.4 is 15.4 Å². The van der Waals surface area contributed by atoms with Crippen LogP contribution in [-0.4, -0.2) is 25.0 Å². The van der Waals surface area contributed by atoms with Crippen molar-refractivity contribution in [3.63, 3.8) is 0 Å². The van der Waals surface area contributed by atoms with Crippen molar-refractivity contribution in [1.82, 2.24) is 5.32 Å². The molecule has 0 heterocycles. The average molecular weight is 353 g/mol. The lowest BCUT2D eigenvalue weighted by atomic mass is 10.1. The predicted molar refractivity (Wildman–Crippen MR) is 95.4 cm³/mol. The van der Waals surface area contributed by atoms with Gasteiger partial charge in [0.25, 0.3) is 0 Å². The van der Waals surface area contributed by atoms with E-state index in [0.717, 1.165) is 25.7 Å². The highest BCUT2D eigenvalue weighted by Crippen LogP contribution is 2.28. The van der Waals surface area contributed by atoms with Gasteiger partial charge in [-0.3, -0.25) is 9.59 Å². The third-order valence-electron chi connectivity index (χ3n) is 3.94. The monoisotopic (exact) mass is 352 g/mol. The molecule has 2 rings (SSSR count). The van der Waals surface area contributed by atoms with Crippen LogP contribution in [0.3, 0.4) is 0 Å². The van der Waals surface area contributed by atoms with E-state index >= 15 is 0 Å². The van der Waals surface area contributed by atoms with Crippen molar-refractivity contribution in [3.8, 4) is 5.75 Å². The Bertz CT molecular complexity index is 584. The van der Waals surface area contributed by atoms with Gasteiger partial charge in [0, 0.05) is 11.6 Å². The molecule has 0 radical (unpaired) electrons. The van der Waals surface area contributed by atoms with Gasteiger partial charge in [0.15, 0.2) is 0 Å². The Kier molecular flexibility index (Phi) is 6.91. The van der Waals surface area contributed by atoms with Crippen molar-refractivity contribution in [3.05, 3.63) is 23.2 Å². The van der Waals surface area contributed by atoms with E-state index in [9.17, 15) is 9.59 Å². The smallest absolute Gasteiger partial charge is 0.243 e. The number of carbonyl (C=O) groups excluding carboxylic acids is 2. The molecule has 0 aromatic heterocycles. The lowest BCUT2D eigenvalue weighted by molar-refractivity contribution is -0.127. The van der Waals surface area contributed by atoms with Gasteiger partial charge in [-0.05, 0) is 37.0 Å². The zero-order chi connectivity index (χ0) is 17.5. The molecule has 0 aliphatic heterocycles. The van der Waals surface area contributed by atoms with Crippen molar-refractivity contribution in [2.45, 2.75) is 39.5 Å². The number of amides is 2. The predicted octanol–water partition coefficient (Wildman–Crippen LogP) is 3.62. The van der Waals surface area contributed by atoms with E-state index in [2.05, 4.69) is 24.5 Å². The number of ether oxygens (including phenoxy) is 1. The number of carbonyl (C=O) groups is 2. The lowest BCUT2D eigenvalue weighted by Gasteiger charge is -2.13. The quantitative estimate of drug-likeness (QED) is 0.787. The maximum atomic E-state index is 11.9. The standard InChI is InChI=1S/C18H25ClN2O3/c1-12(2)11-24-16-8-7-14(9-15(16)19)21-17(22)10-20-18(23)13-5-3-4-6-13/h7-9,12-13H,3-6,10-11H2,1-2H3,(H,20,23)(H,21,22). The summed E-state index contributed by atoms with van der Waals surface area (Å²) in [5.74, 6) is 0.762. The number of benzene rings is 1. The number of nitrogens with one attached hydrogen (secondary N) is 2. The molecule has 0 spiro atoms. The fourth-order valence-electron chi connectivity index (χ4n) is 2.66. The first-order chi connectivity index (χ1) is 11.5. The maximum Gasteiger partial charge on any atom is 0.243 e. The van der Waals surface area contributed by atoms with Crippen molar-refractivity contribution >= 4 is 29.1 Å². The molecule has 1 aromatic carbocycles. The van der Waals surface area contributed by atoms with E-state index in [1.807, 2.05) is 0 Å². The summed E-state index contributed by atoms with van der Waals surface area (Å²) < 4.78 is 5.59. The number of hydrogen-bond acceptors (Lipinski definition) is 3. The molecular weight excluding hydrogens is 328 g/mol. The van der Waals surface area contributed by atoms with E-state index < -0.39 is 0 Å². The van der Waals surface area contributed by atoms with Crippen LogP contribution in [0.25, 0.3) is 0 Å². The zero-order valence-corrected chi connectivity index (χ0v) is 15.0. The molecular formula is C18H25ClN2O3. The second-order valence-electron chi connectivity index (χ2n) is 6.60. The molecule has 1 aliphatic rings. The minimum atomic E-state index is -0.270. The number of rotatable bonds is 7. The van der Waals surface area contributed by atoms with Crippen LogP contribution in [0.4, 0.5) is 5.69 Å². The number of hydrogen-bond donors (Lipinski definition) is 2. The molecule has 5 nitrogen and oxygen atoms in total. The van der Waals surface area contributed by atoms with E-state index in [1.54, 1.807) is 18.2 Å². The Morgan fingerprint density at radius 2 is 2.00 bits per heavy atom. The lowest BCUT2D eigenvalue weighted by Crippen LogP contribution is -2.36. The first kappa shape index (κ1) is 18.6. The van der Waals surface area contributed by atoms with Crippen molar-refractivity contribution < 1.29 is 14.3 Å². The molecule has 1 aromatic rings. The summed E-state index contributed by atoms with van der Waals surface area (Å²) in [6, 6.07) is 5.11. The summed E-state index contributed by atoms with van der Waals surface area (Å²) in [5.41, 5.74) is 0.581. The first-order valence-corrected chi connectivity index (χ1v) is 8.83. The van der Waals surface area contributed by atoms with Crippen LogP contribution in [0, 0.1) is 11.8 Å². The zero-order valence-electron chi connectivity index (χ0n) is 14.2. The molecule has 1 aliphatic carbocycles. The van der Waals surface area contributed by atoms with Gasteiger partial charge < -0.3 is 15.4 Å². The highest BCUT2D eigenvalue weighted by molar-refractivity contribution is 6.32. The molecule has 0 atom stereocenters. The van der Waals surface area contributed by atoms with Crippen molar-refractivity contribution in [1.29, 1.82) is 0 Å². The average Bonchev–Trinajstić information content (AvgIpc) is 3.06. The number of anilines is 1. The van der Waals surface area contributed by atoms with Crippen LogP contribution >= 0.6 is 11.6 Å². The van der Waals surface area contributed by atoms with Gasteiger partial charge in [-0.2, -0.15) is 0 Å². The molecule has 2 amide bonds. The Morgan fingerprint density at radius 3 is 2.62 bits per heavy atom. The molecule has 1 fully saturated rings. The van der Waals surface area contributed by atoms with Gasteiger partial charge in [-0.25, -0.2) is 0 Å². The summed E-state index contributed by atoms with van der Waals surface area (Å²) in [4.78, 5) is 23.8. The van der Waals surface area contributed by atoms with Gasteiger partial charge in [-0.1, -0.05) is 38.3 Å². The molecule has 24 heavy (non-hydrogen) atoms. The Hall–Kier alpha value is -1.75. The number of halogens is 1. The summed E-state index contributed by atoms with van der Waals surface area (Å²) in [5, 5.41) is 5.87. The van der Waals surface area contributed by atoms with E-state index in [-0.39, 0.29) is 24.3 Å². The highest BCUT2D eigenvalue weighted by Gasteiger charge is 2.22. The maximum absolute atomic E-state index is 11.9. The molecule has 0 bridgehead atoms. The Balaban J connectivity index is 1.80. The van der Waals surface area contributed by atoms with Gasteiger partial charge in [0.2, 0.25) is 11.8 Å². The second kappa shape index (κ2) is 8.92. The fraction of sp³-hybridized carbons (Fsp3) is 0.556. The summed E-state index contributed by atoms with van der Waals surface area (Å²) in [7, 11) is 0. The summed E-state index contributed by atoms with van der Waals surface area (Å²) in [6.07, 6.45) is 4.02. The molecule has 6 heteroatoms.